The number of carbonyl (C=O) groups excluding carboxylic acids is 1. The summed E-state index contributed by atoms with van der Waals surface area (Å²) in [4.78, 5) is 12.3. The number of amides is 1. The van der Waals surface area contributed by atoms with Gasteiger partial charge in [0.2, 0.25) is 0 Å². The fourth-order valence-corrected chi connectivity index (χ4v) is 3.25. The molecule has 4 rings (SSSR count). The molecule has 3 aromatic carbocycles. The highest BCUT2D eigenvalue weighted by Crippen LogP contribution is 2.27. The summed E-state index contributed by atoms with van der Waals surface area (Å²) in [5, 5.41) is 22.9. The number of aromatic nitrogens is 2. The smallest absolute Gasteiger partial charge is 0.289 e. The van der Waals surface area contributed by atoms with E-state index in [2.05, 4.69) is 36.7 Å². The number of phenols is 1. The van der Waals surface area contributed by atoms with Crippen LogP contribution in [-0.4, -0.2) is 27.4 Å². The molecule has 4 aromatic rings. The van der Waals surface area contributed by atoms with E-state index in [1.165, 1.54) is 6.21 Å². The lowest BCUT2D eigenvalue weighted by molar-refractivity contribution is 0.0950. The van der Waals surface area contributed by atoms with Crippen LogP contribution in [0.25, 0.3) is 22.0 Å². The fraction of sp³-hybridized carbons (Fsp3) is 0. The van der Waals surface area contributed by atoms with Gasteiger partial charge >= 0.3 is 0 Å². The number of rotatable bonds is 4. The van der Waals surface area contributed by atoms with E-state index >= 15 is 0 Å². The SMILES string of the molecule is O=C(NN=Cc1cc(Br)ccc1O)c1cc(-c2cccc3ccccc23)n[nH]1. The van der Waals surface area contributed by atoms with Crippen molar-refractivity contribution in [2.45, 2.75) is 0 Å². The highest BCUT2D eigenvalue weighted by molar-refractivity contribution is 9.10. The Morgan fingerprint density at radius 2 is 1.93 bits per heavy atom. The highest BCUT2D eigenvalue weighted by Gasteiger charge is 2.12. The van der Waals surface area contributed by atoms with Gasteiger partial charge < -0.3 is 5.11 Å². The Balaban J connectivity index is 1.53. The zero-order chi connectivity index (χ0) is 19.5. The second-order valence-corrected chi connectivity index (χ2v) is 7.01. The summed E-state index contributed by atoms with van der Waals surface area (Å²) >= 11 is 3.32. The molecule has 0 bridgehead atoms. The van der Waals surface area contributed by atoms with Crippen LogP contribution in [-0.2, 0) is 0 Å². The largest absolute Gasteiger partial charge is 0.507 e. The second kappa shape index (κ2) is 7.66. The molecule has 0 aliphatic rings. The lowest BCUT2D eigenvalue weighted by atomic mass is 10.0. The Labute approximate surface area is 169 Å². The van der Waals surface area contributed by atoms with Crippen LogP contribution < -0.4 is 5.43 Å². The Hall–Kier alpha value is -3.45. The van der Waals surface area contributed by atoms with Crippen LogP contribution in [0, 0.1) is 0 Å². The number of nitrogens with one attached hydrogen (secondary N) is 2. The first-order valence-corrected chi connectivity index (χ1v) is 9.26. The summed E-state index contributed by atoms with van der Waals surface area (Å²) in [6.07, 6.45) is 1.37. The molecule has 0 fully saturated rings. The molecule has 0 saturated heterocycles. The molecule has 0 saturated carbocycles. The third-order valence-corrected chi connectivity index (χ3v) is 4.74. The number of nitrogens with zero attached hydrogens (tertiary/aromatic N) is 2. The van der Waals surface area contributed by atoms with Crippen molar-refractivity contribution in [3.05, 3.63) is 82.5 Å². The number of benzene rings is 3. The molecule has 1 heterocycles. The summed E-state index contributed by atoms with van der Waals surface area (Å²) in [7, 11) is 0. The lowest BCUT2D eigenvalue weighted by Gasteiger charge is -2.02. The van der Waals surface area contributed by atoms with Crippen LogP contribution in [0.3, 0.4) is 0 Å². The molecule has 0 unspecified atom stereocenters. The number of aromatic hydroxyl groups is 1. The molecule has 1 aromatic heterocycles. The number of halogens is 1. The van der Waals surface area contributed by atoms with Crippen molar-refractivity contribution in [1.82, 2.24) is 15.6 Å². The Morgan fingerprint density at radius 3 is 2.82 bits per heavy atom. The highest BCUT2D eigenvalue weighted by atomic mass is 79.9. The number of H-pyrrole nitrogens is 1. The van der Waals surface area contributed by atoms with E-state index in [-0.39, 0.29) is 5.75 Å². The number of carbonyl (C=O) groups is 1. The zero-order valence-electron chi connectivity index (χ0n) is 14.6. The molecule has 7 heteroatoms. The number of hydrogen-bond acceptors (Lipinski definition) is 4. The van der Waals surface area contributed by atoms with Crippen LogP contribution in [0.2, 0.25) is 0 Å². The van der Waals surface area contributed by atoms with Gasteiger partial charge in [0.1, 0.15) is 11.4 Å². The van der Waals surface area contributed by atoms with Gasteiger partial charge in [-0.3, -0.25) is 9.89 Å². The van der Waals surface area contributed by atoms with Crippen molar-refractivity contribution >= 4 is 38.8 Å². The molecule has 1 amide bonds. The van der Waals surface area contributed by atoms with Gasteiger partial charge in [-0.15, -0.1) is 0 Å². The van der Waals surface area contributed by atoms with Crippen LogP contribution in [0.5, 0.6) is 5.75 Å². The van der Waals surface area contributed by atoms with Crippen LogP contribution in [0.4, 0.5) is 0 Å². The number of phenolic OH excluding ortho intramolecular Hbond substituents is 1. The Bertz CT molecular complexity index is 1190. The van der Waals surface area contributed by atoms with Gasteiger partial charge in [-0.25, -0.2) is 5.43 Å². The number of hydrazone groups is 1. The van der Waals surface area contributed by atoms with Crippen molar-refractivity contribution < 1.29 is 9.90 Å². The molecule has 0 radical (unpaired) electrons. The van der Waals surface area contributed by atoms with Gasteiger partial charge in [0.25, 0.3) is 5.91 Å². The summed E-state index contributed by atoms with van der Waals surface area (Å²) in [6, 6.07) is 20.6. The van der Waals surface area contributed by atoms with Crippen molar-refractivity contribution in [3.8, 4) is 17.0 Å². The van der Waals surface area contributed by atoms with Crippen LogP contribution in [0.15, 0.2) is 76.3 Å². The molecule has 0 atom stereocenters. The molecule has 28 heavy (non-hydrogen) atoms. The number of fused-ring (bicyclic) bond motifs is 1. The quantitative estimate of drug-likeness (QED) is 0.327. The fourth-order valence-electron chi connectivity index (χ4n) is 2.87. The van der Waals surface area contributed by atoms with E-state index in [1.54, 1.807) is 24.3 Å². The molecule has 0 aliphatic carbocycles. The predicted octanol–water partition coefficient (Wildman–Crippen LogP) is 4.46. The van der Waals surface area contributed by atoms with Crippen LogP contribution >= 0.6 is 15.9 Å². The summed E-state index contributed by atoms with van der Waals surface area (Å²) in [5.41, 5.74) is 4.82. The minimum Gasteiger partial charge on any atom is -0.507 e. The lowest BCUT2D eigenvalue weighted by Crippen LogP contribution is -2.18. The van der Waals surface area contributed by atoms with E-state index in [0.29, 0.717) is 17.0 Å². The third-order valence-electron chi connectivity index (χ3n) is 4.25. The average molecular weight is 435 g/mol. The average Bonchev–Trinajstić information content (AvgIpc) is 3.20. The Morgan fingerprint density at radius 1 is 1.11 bits per heavy atom. The molecule has 6 nitrogen and oxygen atoms in total. The van der Waals surface area contributed by atoms with E-state index in [4.69, 9.17) is 0 Å². The standard InChI is InChI=1S/C21H15BrN4O2/c22-15-8-9-20(27)14(10-15)12-23-26-21(28)19-11-18(24-25-19)17-7-3-5-13-4-1-2-6-16(13)17/h1-12,27H,(H,24,25)(H,26,28). The minimum absolute atomic E-state index is 0.0704. The van der Waals surface area contributed by atoms with Crippen molar-refractivity contribution in [1.29, 1.82) is 0 Å². The van der Waals surface area contributed by atoms with E-state index < -0.39 is 5.91 Å². The van der Waals surface area contributed by atoms with Gasteiger partial charge in [-0.05, 0) is 35.0 Å². The predicted molar refractivity (Wildman–Crippen MR) is 112 cm³/mol. The molecule has 0 spiro atoms. The van der Waals surface area contributed by atoms with E-state index in [0.717, 1.165) is 20.8 Å². The van der Waals surface area contributed by atoms with E-state index in [1.807, 2.05) is 42.5 Å². The molecule has 0 aliphatic heterocycles. The van der Waals surface area contributed by atoms with Crippen molar-refractivity contribution in [3.63, 3.8) is 0 Å². The summed E-state index contributed by atoms with van der Waals surface area (Å²) in [6.45, 7) is 0. The molecular formula is C21H15BrN4O2. The first-order valence-electron chi connectivity index (χ1n) is 8.47. The first-order chi connectivity index (χ1) is 13.6. The molecule has 138 valence electrons. The van der Waals surface area contributed by atoms with E-state index in [9.17, 15) is 9.90 Å². The van der Waals surface area contributed by atoms with Gasteiger partial charge in [0.05, 0.1) is 11.9 Å². The maximum Gasteiger partial charge on any atom is 0.289 e. The van der Waals surface area contributed by atoms with Gasteiger partial charge in [-0.1, -0.05) is 58.4 Å². The van der Waals surface area contributed by atoms with Crippen LogP contribution in [0.1, 0.15) is 16.1 Å². The number of hydrogen-bond donors (Lipinski definition) is 3. The maximum atomic E-state index is 12.3. The second-order valence-electron chi connectivity index (χ2n) is 6.10. The normalized spacial score (nSPS) is 11.2. The minimum atomic E-state index is -0.426. The summed E-state index contributed by atoms with van der Waals surface area (Å²) < 4.78 is 0.798. The van der Waals surface area contributed by atoms with Gasteiger partial charge in [0.15, 0.2) is 0 Å². The summed E-state index contributed by atoms with van der Waals surface area (Å²) in [5.74, 6) is -0.356. The maximum absolute atomic E-state index is 12.3. The zero-order valence-corrected chi connectivity index (χ0v) is 16.1. The Kier molecular flexibility index (Phi) is 4.90. The molecular weight excluding hydrogens is 420 g/mol. The third kappa shape index (κ3) is 3.65. The number of aromatic amines is 1. The monoisotopic (exact) mass is 434 g/mol. The topological polar surface area (TPSA) is 90.4 Å². The molecule has 3 N–H and O–H groups in total. The van der Waals surface area contributed by atoms with Crippen molar-refractivity contribution in [2.75, 3.05) is 0 Å². The van der Waals surface area contributed by atoms with Crippen molar-refractivity contribution in [2.24, 2.45) is 5.10 Å². The van der Waals surface area contributed by atoms with Gasteiger partial charge in [-0.2, -0.15) is 10.2 Å². The first kappa shape index (κ1) is 17.9. The van der Waals surface area contributed by atoms with Gasteiger partial charge in [0, 0.05) is 15.6 Å².